The number of amides is 1. The zero-order chi connectivity index (χ0) is 18.3. The van der Waals surface area contributed by atoms with E-state index in [1.165, 1.54) is 12.1 Å². The van der Waals surface area contributed by atoms with Crippen molar-refractivity contribution >= 4 is 11.6 Å². The Morgan fingerprint density at radius 1 is 1.19 bits per heavy atom. The summed E-state index contributed by atoms with van der Waals surface area (Å²) in [6.45, 7) is 3.22. The van der Waals surface area contributed by atoms with Crippen molar-refractivity contribution in [3.63, 3.8) is 0 Å². The van der Waals surface area contributed by atoms with Crippen molar-refractivity contribution in [2.24, 2.45) is 0 Å². The molecule has 1 saturated heterocycles. The second kappa shape index (κ2) is 6.82. The zero-order valence-corrected chi connectivity index (χ0v) is 14.8. The predicted octanol–water partition coefficient (Wildman–Crippen LogP) is 2.91. The van der Waals surface area contributed by atoms with Gasteiger partial charge in [-0.1, -0.05) is 37.3 Å². The number of likely N-dealkylation sites (tertiary alicyclic amines) is 1. The maximum absolute atomic E-state index is 13.2. The van der Waals surface area contributed by atoms with Gasteiger partial charge >= 0.3 is 0 Å². The first-order valence-electron chi connectivity index (χ1n) is 9.14. The van der Waals surface area contributed by atoms with Gasteiger partial charge in [0.25, 0.3) is 0 Å². The minimum Gasteiger partial charge on any atom is -0.395 e. The molecule has 0 aromatic heterocycles. The number of aliphatic hydroxyl groups excluding tert-OH is 1. The Morgan fingerprint density at radius 3 is 2.62 bits per heavy atom. The molecule has 3 atom stereocenters. The molecule has 0 spiro atoms. The third kappa shape index (κ3) is 2.72. The second-order valence-electron chi connectivity index (χ2n) is 7.06. The van der Waals surface area contributed by atoms with Crippen LogP contribution < -0.4 is 4.90 Å². The maximum Gasteiger partial charge on any atom is 0.226 e. The van der Waals surface area contributed by atoms with Crippen LogP contribution in [0, 0.1) is 5.82 Å². The fraction of sp³-hybridized carbons (Fsp3) is 0.381. The molecule has 2 aliphatic heterocycles. The molecule has 1 N–H and O–H groups in total. The Morgan fingerprint density at radius 2 is 1.92 bits per heavy atom. The fourth-order valence-corrected chi connectivity index (χ4v) is 4.43. The highest BCUT2D eigenvalue weighted by atomic mass is 19.1. The van der Waals surface area contributed by atoms with Gasteiger partial charge in [0.15, 0.2) is 0 Å². The first kappa shape index (κ1) is 17.2. The Kier molecular flexibility index (Phi) is 4.51. The van der Waals surface area contributed by atoms with Crippen LogP contribution in [0.25, 0.3) is 0 Å². The van der Waals surface area contributed by atoms with Gasteiger partial charge in [-0.15, -0.1) is 0 Å². The van der Waals surface area contributed by atoms with E-state index in [1.807, 2.05) is 30.0 Å². The van der Waals surface area contributed by atoms with E-state index >= 15 is 0 Å². The summed E-state index contributed by atoms with van der Waals surface area (Å²) in [5.74, 6) is 0.0860. The molecule has 2 aromatic carbocycles. The molecular weight excluding hydrogens is 331 g/mol. The number of carbonyl (C=O) groups excluding carboxylic acids is 1. The van der Waals surface area contributed by atoms with E-state index in [2.05, 4.69) is 11.0 Å². The normalized spacial score (nSPS) is 24.6. The average Bonchev–Trinajstić information content (AvgIpc) is 2.67. The van der Waals surface area contributed by atoms with Crippen molar-refractivity contribution < 1.29 is 14.3 Å². The molecule has 5 heteroatoms. The number of aliphatic hydroxyl groups is 1. The van der Waals surface area contributed by atoms with E-state index in [1.54, 1.807) is 12.1 Å². The van der Waals surface area contributed by atoms with Gasteiger partial charge in [-0.05, 0) is 29.3 Å². The number of anilines is 1. The maximum atomic E-state index is 13.2. The van der Waals surface area contributed by atoms with E-state index in [0.29, 0.717) is 19.5 Å². The summed E-state index contributed by atoms with van der Waals surface area (Å²) >= 11 is 0. The van der Waals surface area contributed by atoms with Gasteiger partial charge in [0.05, 0.1) is 6.61 Å². The van der Waals surface area contributed by atoms with Crippen molar-refractivity contribution in [1.82, 2.24) is 4.90 Å². The van der Waals surface area contributed by atoms with Crippen LogP contribution in [-0.2, 0) is 11.3 Å². The number of hydrogen-bond donors (Lipinski definition) is 1. The number of fused-ring (bicyclic) bond motifs is 3. The fourth-order valence-electron chi connectivity index (χ4n) is 4.43. The smallest absolute Gasteiger partial charge is 0.226 e. The van der Waals surface area contributed by atoms with Crippen molar-refractivity contribution in [3.8, 4) is 0 Å². The molecule has 4 rings (SSSR count). The first-order valence-corrected chi connectivity index (χ1v) is 9.14. The van der Waals surface area contributed by atoms with Crippen molar-refractivity contribution in [2.75, 3.05) is 18.1 Å². The molecule has 136 valence electrons. The second-order valence-corrected chi connectivity index (χ2v) is 7.06. The minimum absolute atomic E-state index is 0.0186. The van der Waals surface area contributed by atoms with Gasteiger partial charge in [0, 0.05) is 43.2 Å². The largest absolute Gasteiger partial charge is 0.395 e. The number of carbonyl (C=O) groups is 1. The quantitative estimate of drug-likeness (QED) is 0.918. The van der Waals surface area contributed by atoms with E-state index in [0.717, 1.165) is 16.8 Å². The lowest BCUT2D eigenvalue weighted by Gasteiger charge is -2.59. The van der Waals surface area contributed by atoms with E-state index in [9.17, 15) is 14.3 Å². The van der Waals surface area contributed by atoms with Crippen LogP contribution in [0.15, 0.2) is 48.5 Å². The Balaban J connectivity index is 1.65. The topological polar surface area (TPSA) is 43.8 Å². The number of halogens is 1. The molecule has 1 amide bonds. The van der Waals surface area contributed by atoms with Crippen LogP contribution in [0.4, 0.5) is 10.1 Å². The molecule has 2 heterocycles. The molecule has 2 aromatic rings. The van der Waals surface area contributed by atoms with Crippen LogP contribution in [0.5, 0.6) is 0 Å². The zero-order valence-electron chi connectivity index (χ0n) is 14.8. The summed E-state index contributed by atoms with van der Waals surface area (Å²) < 4.78 is 13.2. The molecule has 0 bridgehead atoms. The van der Waals surface area contributed by atoms with Crippen molar-refractivity contribution in [2.45, 2.75) is 37.9 Å². The molecular formula is C21H23FN2O2. The van der Waals surface area contributed by atoms with Crippen molar-refractivity contribution in [1.29, 1.82) is 0 Å². The van der Waals surface area contributed by atoms with E-state index in [-0.39, 0.29) is 36.3 Å². The number of rotatable bonds is 4. The summed E-state index contributed by atoms with van der Waals surface area (Å²) in [6.07, 6.45) is 0.465. The van der Waals surface area contributed by atoms with Gasteiger partial charge in [-0.3, -0.25) is 9.69 Å². The molecule has 0 saturated carbocycles. The summed E-state index contributed by atoms with van der Waals surface area (Å²) in [5.41, 5.74) is 3.12. The number of nitrogens with zero attached hydrogens (tertiary/aromatic N) is 2. The molecule has 26 heavy (non-hydrogen) atoms. The first-order chi connectivity index (χ1) is 12.6. The molecule has 0 unspecified atom stereocenters. The summed E-state index contributed by atoms with van der Waals surface area (Å²) in [7, 11) is 0. The summed E-state index contributed by atoms with van der Waals surface area (Å²) in [4.78, 5) is 16.6. The van der Waals surface area contributed by atoms with Crippen LogP contribution >= 0.6 is 0 Å². The Hall–Kier alpha value is -2.24. The third-order valence-corrected chi connectivity index (χ3v) is 5.71. The lowest BCUT2D eigenvalue weighted by molar-refractivity contribution is -0.119. The molecule has 0 aliphatic carbocycles. The average molecular weight is 354 g/mol. The summed E-state index contributed by atoms with van der Waals surface area (Å²) in [5, 5.41) is 9.98. The molecule has 0 radical (unpaired) electrons. The molecule has 4 nitrogen and oxygen atoms in total. The Labute approximate surface area is 152 Å². The SMILES string of the molecule is CCC(=O)N1C[C@H]2[C@@H](c3ccccc31)[C@@H](CO)N2Cc1ccc(F)cc1. The predicted molar refractivity (Wildman–Crippen MR) is 98.4 cm³/mol. The van der Waals surface area contributed by atoms with Gasteiger partial charge in [0.1, 0.15) is 5.82 Å². The van der Waals surface area contributed by atoms with Crippen LogP contribution in [0.1, 0.15) is 30.4 Å². The van der Waals surface area contributed by atoms with Gasteiger partial charge in [-0.2, -0.15) is 0 Å². The lowest BCUT2D eigenvalue weighted by Crippen LogP contribution is -2.68. The number of para-hydroxylation sites is 1. The van der Waals surface area contributed by atoms with Gasteiger partial charge in [0.2, 0.25) is 5.91 Å². The highest BCUT2D eigenvalue weighted by molar-refractivity contribution is 5.95. The van der Waals surface area contributed by atoms with Gasteiger partial charge in [-0.25, -0.2) is 4.39 Å². The van der Waals surface area contributed by atoms with Gasteiger partial charge < -0.3 is 10.0 Å². The highest BCUT2D eigenvalue weighted by Gasteiger charge is 2.52. The van der Waals surface area contributed by atoms with Crippen LogP contribution in [0.3, 0.4) is 0 Å². The number of hydrogen-bond acceptors (Lipinski definition) is 3. The standard InChI is InChI=1S/C21H23FN2O2/c1-2-20(26)24-12-18-21(16-5-3-4-6-17(16)24)19(13-25)23(18)11-14-7-9-15(22)10-8-14/h3-10,18-19,21,25H,2,11-13H2,1H3/t18-,19+,21+/m0/s1. The van der Waals surface area contributed by atoms with Crippen LogP contribution in [-0.4, -0.2) is 41.1 Å². The highest BCUT2D eigenvalue weighted by Crippen LogP contribution is 2.48. The van der Waals surface area contributed by atoms with Crippen LogP contribution in [0.2, 0.25) is 0 Å². The lowest BCUT2D eigenvalue weighted by atomic mass is 9.71. The Bertz CT molecular complexity index is 808. The van der Waals surface area contributed by atoms with E-state index < -0.39 is 0 Å². The van der Waals surface area contributed by atoms with E-state index in [4.69, 9.17) is 0 Å². The minimum atomic E-state index is -0.250. The molecule has 2 aliphatic rings. The third-order valence-electron chi connectivity index (χ3n) is 5.71. The monoisotopic (exact) mass is 354 g/mol. The molecule has 1 fully saturated rings. The summed E-state index contributed by atoms with van der Waals surface area (Å²) in [6, 6.07) is 14.7. The number of benzene rings is 2. The van der Waals surface area contributed by atoms with Crippen molar-refractivity contribution in [3.05, 3.63) is 65.5 Å².